The van der Waals surface area contributed by atoms with Crippen molar-refractivity contribution < 1.29 is 0 Å². The minimum absolute atomic E-state index is 1.12. The van der Waals surface area contributed by atoms with Gasteiger partial charge < -0.3 is 4.90 Å². The summed E-state index contributed by atoms with van der Waals surface area (Å²) in [5, 5.41) is 2.70. The first-order chi connectivity index (χ1) is 11.3. The van der Waals surface area contributed by atoms with Gasteiger partial charge in [-0.05, 0) is 60.0 Å². The number of anilines is 1. The summed E-state index contributed by atoms with van der Waals surface area (Å²) in [7, 11) is 0. The summed E-state index contributed by atoms with van der Waals surface area (Å²) in [6.45, 7) is 2.35. The van der Waals surface area contributed by atoms with Crippen molar-refractivity contribution in [1.29, 1.82) is 0 Å². The molecule has 0 amide bonds. The van der Waals surface area contributed by atoms with Crippen LogP contribution >= 0.6 is 15.9 Å². The molecule has 0 N–H and O–H groups in total. The molecule has 0 saturated carbocycles. The van der Waals surface area contributed by atoms with Gasteiger partial charge in [-0.15, -0.1) is 0 Å². The Morgan fingerprint density at radius 2 is 1.48 bits per heavy atom. The van der Waals surface area contributed by atoms with Gasteiger partial charge in [0.2, 0.25) is 0 Å². The van der Waals surface area contributed by atoms with Crippen LogP contribution in [-0.4, -0.2) is 13.1 Å². The molecule has 1 aliphatic rings. The van der Waals surface area contributed by atoms with Crippen LogP contribution in [0, 0.1) is 0 Å². The highest BCUT2D eigenvalue weighted by molar-refractivity contribution is 9.10. The Balaban J connectivity index is 1.87. The number of fused-ring (bicyclic) bond motifs is 1. The Morgan fingerprint density at radius 3 is 2.26 bits per heavy atom. The zero-order chi connectivity index (χ0) is 15.6. The molecule has 0 bridgehead atoms. The fraction of sp³-hybridized carbons (Fsp3) is 0.238. The molecule has 23 heavy (non-hydrogen) atoms. The first kappa shape index (κ1) is 14.8. The maximum Gasteiger partial charge on any atom is 0.0452 e. The Bertz CT molecular complexity index is 817. The Labute approximate surface area is 146 Å². The molecular formula is C21H20BrN. The van der Waals surface area contributed by atoms with Crippen LogP contribution in [0.15, 0.2) is 65.1 Å². The number of hydrogen-bond donors (Lipinski definition) is 0. The average molecular weight is 366 g/mol. The van der Waals surface area contributed by atoms with Crippen LogP contribution in [0.3, 0.4) is 0 Å². The SMILES string of the molecule is Brc1ccc(-c2cc(N3CCCCC3)c3ccccc3c2)cc1. The minimum Gasteiger partial charge on any atom is -0.371 e. The molecule has 0 aliphatic carbocycles. The van der Waals surface area contributed by atoms with Crippen molar-refractivity contribution in [1.82, 2.24) is 0 Å². The molecule has 3 aromatic rings. The summed E-state index contributed by atoms with van der Waals surface area (Å²) in [6.07, 6.45) is 3.97. The quantitative estimate of drug-likeness (QED) is 0.517. The molecule has 2 heteroatoms. The lowest BCUT2D eigenvalue weighted by atomic mass is 9.98. The number of nitrogens with zero attached hydrogens (tertiary/aromatic N) is 1. The van der Waals surface area contributed by atoms with E-state index < -0.39 is 0 Å². The number of rotatable bonds is 2. The van der Waals surface area contributed by atoms with E-state index in [0.29, 0.717) is 0 Å². The van der Waals surface area contributed by atoms with E-state index in [4.69, 9.17) is 0 Å². The summed E-state index contributed by atoms with van der Waals surface area (Å²) < 4.78 is 1.12. The first-order valence-corrected chi connectivity index (χ1v) is 9.14. The van der Waals surface area contributed by atoms with Crippen molar-refractivity contribution >= 4 is 32.4 Å². The van der Waals surface area contributed by atoms with Gasteiger partial charge in [0.15, 0.2) is 0 Å². The largest absolute Gasteiger partial charge is 0.371 e. The van der Waals surface area contributed by atoms with Gasteiger partial charge in [-0.1, -0.05) is 52.3 Å². The van der Waals surface area contributed by atoms with Gasteiger partial charge in [0.25, 0.3) is 0 Å². The predicted molar refractivity (Wildman–Crippen MR) is 103 cm³/mol. The molecule has 0 atom stereocenters. The average Bonchev–Trinajstić information content (AvgIpc) is 2.62. The second-order valence-corrected chi connectivity index (χ2v) is 7.19. The van der Waals surface area contributed by atoms with E-state index in [-0.39, 0.29) is 0 Å². The fourth-order valence-corrected chi connectivity index (χ4v) is 3.76. The lowest BCUT2D eigenvalue weighted by Crippen LogP contribution is -2.29. The van der Waals surface area contributed by atoms with Crippen LogP contribution in [0.5, 0.6) is 0 Å². The van der Waals surface area contributed by atoms with Crippen molar-refractivity contribution in [2.24, 2.45) is 0 Å². The summed E-state index contributed by atoms with van der Waals surface area (Å²) in [5.41, 5.74) is 3.97. The smallest absolute Gasteiger partial charge is 0.0452 e. The van der Waals surface area contributed by atoms with Gasteiger partial charge >= 0.3 is 0 Å². The van der Waals surface area contributed by atoms with Gasteiger partial charge in [0.05, 0.1) is 0 Å². The standard InChI is InChI=1S/C21H20BrN/c22-19-10-8-16(9-11-19)18-14-17-6-2-3-7-20(17)21(15-18)23-12-4-1-5-13-23/h2-3,6-11,14-15H,1,4-5,12-13H2. The fourth-order valence-electron chi connectivity index (χ4n) is 3.50. The molecular weight excluding hydrogens is 346 g/mol. The maximum atomic E-state index is 3.53. The zero-order valence-corrected chi connectivity index (χ0v) is 14.7. The predicted octanol–water partition coefficient (Wildman–Crippen LogP) is 6.26. The van der Waals surface area contributed by atoms with Crippen LogP contribution in [0.1, 0.15) is 19.3 Å². The molecule has 116 valence electrons. The van der Waals surface area contributed by atoms with Crippen molar-refractivity contribution in [2.45, 2.75) is 19.3 Å². The van der Waals surface area contributed by atoms with E-state index in [1.54, 1.807) is 0 Å². The normalized spacial score (nSPS) is 15.1. The van der Waals surface area contributed by atoms with Crippen molar-refractivity contribution in [3.63, 3.8) is 0 Å². The van der Waals surface area contributed by atoms with E-state index in [9.17, 15) is 0 Å². The molecule has 0 aromatic heterocycles. The third-order valence-corrected chi connectivity index (χ3v) is 5.24. The molecule has 1 fully saturated rings. The van der Waals surface area contributed by atoms with Crippen molar-refractivity contribution in [3.8, 4) is 11.1 Å². The summed E-state index contributed by atoms with van der Waals surface area (Å²) in [4.78, 5) is 2.56. The van der Waals surface area contributed by atoms with Crippen LogP contribution < -0.4 is 4.90 Å². The number of benzene rings is 3. The lowest BCUT2D eigenvalue weighted by Gasteiger charge is -2.30. The second kappa shape index (κ2) is 6.37. The van der Waals surface area contributed by atoms with Crippen LogP contribution in [0.4, 0.5) is 5.69 Å². The molecule has 4 rings (SSSR count). The summed E-state index contributed by atoms with van der Waals surface area (Å²) in [5.74, 6) is 0. The monoisotopic (exact) mass is 365 g/mol. The summed E-state index contributed by atoms with van der Waals surface area (Å²) in [6, 6.07) is 22.1. The van der Waals surface area contributed by atoms with Crippen LogP contribution in [0.2, 0.25) is 0 Å². The number of hydrogen-bond acceptors (Lipinski definition) is 1. The van der Waals surface area contributed by atoms with E-state index in [2.05, 4.69) is 81.5 Å². The van der Waals surface area contributed by atoms with E-state index in [1.165, 1.54) is 59.9 Å². The maximum absolute atomic E-state index is 3.53. The van der Waals surface area contributed by atoms with Crippen molar-refractivity contribution in [2.75, 3.05) is 18.0 Å². The van der Waals surface area contributed by atoms with Gasteiger partial charge in [-0.3, -0.25) is 0 Å². The molecule has 0 unspecified atom stereocenters. The molecule has 1 aliphatic heterocycles. The van der Waals surface area contributed by atoms with Gasteiger partial charge in [0, 0.05) is 28.6 Å². The van der Waals surface area contributed by atoms with E-state index in [0.717, 1.165) is 4.47 Å². The molecule has 0 radical (unpaired) electrons. The summed E-state index contributed by atoms with van der Waals surface area (Å²) >= 11 is 3.53. The van der Waals surface area contributed by atoms with Crippen molar-refractivity contribution in [3.05, 3.63) is 65.1 Å². The van der Waals surface area contributed by atoms with E-state index >= 15 is 0 Å². The minimum atomic E-state index is 1.12. The third-order valence-electron chi connectivity index (χ3n) is 4.71. The highest BCUT2D eigenvalue weighted by Crippen LogP contribution is 2.34. The molecule has 3 aromatic carbocycles. The van der Waals surface area contributed by atoms with Crippen LogP contribution in [0.25, 0.3) is 21.9 Å². The molecule has 1 nitrogen and oxygen atoms in total. The molecule has 0 spiro atoms. The molecule has 1 heterocycles. The topological polar surface area (TPSA) is 3.24 Å². The Kier molecular flexibility index (Phi) is 4.09. The highest BCUT2D eigenvalue weighted by atomic mass is 79.9. The molecule has 1 saturated heterocycles. The van der Waals surface area contributed by atoms with Gasteiger partial charge in [-0.2, -0.15) is 0 Å². The number of piperidine rings is 1. The van der Waals surface area contributed by atoms with Gasteiger partial charge in [0.1, 0.15) is 0 Å². The highest BCUT2D eigenvalue weighted by Gasteiger charge is 2.15. The Hall–Kier alpha value is -1.80. The second-order valence-electron chi connectivity index (χ2n) is 6.27. The number of halogens is 1. The van der Waals surface area contributed by atoms with Crippen LogP contribution in [-0.2, 0) is 0 Å². The third kappa shape index (κ3) is 3.00. The first-order valence-electron chi connectivity index (χ1n) is 8.35. The Morgan fingerprint density at radius 1 is 0.739 bits per heavy atom. The zero-order valence-electron chi connectivity index (χ0n) is 13.1. The lowest BCUT2D eigenvalue weighted by molar-refractivity contribution is 0.579. The van der Waals surface area contributed by atoms with E-state index in [1.807, 2.05) is 0 Å². The van der Waals surface area contributed by atoms with Gasteiger partial charge in [-0.25, -0.2) is 0 Å².